The Balaban J connectivity index is 1.32. The first-order valence-corrected chi connectivity index (χ1v) is 13.2. The number of nitrogens with one attached hydrogen (secondary N) is 1. The molecular weight excluding hydrogens is 462 g/mol. The molecule has 1 heterocycles. The van der Waals surface area contributed by atoms with Gasteiger partial charge in [0.15, 0.2) is 5.54 Å². The molecule has 0 aromatic heterocycles. The summed E-state index contributed by atoms with van der Waals surface area (Å²) in [5.74, 6) is 1.03. The largest absolute Gasteiger partial charge is 0.508 e. The molecule has 0 fully saturated rings. The summed E-state index contributed by atoms with van der Waals surface area (Å²) in [5.41, 5.74) is 15.4. The Labute approximate surface area is 217 Å². The zero-order chi connectivity index (χ0) is 25.4. The van der Waals surface area contributed by atoms with Crippen LogP contribution in [0.3, 0.4) is 0 Å². The average molecular weight is 496 g/mol. The zero-order valence-corrected chi connectivity index (χ0v) is 20.9. The second kappa shape index (κ2) is 9.67. The first kappa shape index (κ1) is 23.7. The fourth-order valence-electron chi connectivity index (χ4n) is 6.74. The molecule has 3 atom stereocenters. The SMILES string of the molecule is [N-]=[NH+][C@@]12Cc3cc(O)ccc3[C@@H]1Cc1ccc(O)cc1[C@H]2c1cccc(OCCCN2CC=CCC2)c1. The summed E-state index contributed by atoms with van der Waals surface area (Å²) in [6, 6.07) is 19.2. The summed E-state index contributed by atoms with van der Waals surface area (Å²) in [7, 11) is 0. The van der Waals surface area contributed by atoms with Crippen LogP contribution in [0.2, 0.25) is 0 Å². The number of phenols is 2. The van der Waals surface area contributed by atoms with Crippen molar-refractivity contribution >= 4 is 0 Å². The van der Waals surface area contributed by atoms with Crippen LogP contribution >= 0.6 is 0 Å². The van der Waals surface area contributed by atoms with E-state index in [1.54, 1.807) is 12.1 Å². The van der Waals surface area contributed by atoms with Crippen LogP contribution in [-0.4, -0.2) is 46.9 Å². The minimum atomic E-state index is -0.711. The van der Waals surface area contributed by atoms with Crippen LogP contribution < -0.4 is 9.85 Å². The topological polar surface area (TPSA) is 89.2 Å². The van der Waals surface area contributed by atoms with E-state index in [1.165, 1.54) is 0 Å². The third kappa shape index (κ3) is 4.29. The van der Waals surface area contributed by atoms with Crippen LogP contribution in [0.5, 0.6) is 17.2 Å². The van der Waals surface area contributed by atoms with Crippen molar-refractivity contribution in [2.75, 3.05) is 26.2 Å². The lowest BCUT2D eigenvalue weighted by Gasteiger charge is -2.42. The molecule has 0 amide bonds. The fourth-order valence-corrected chi connectivity index (χ4v) is 6.74. The molecule has 0 unspecified atom stereocenters. The van der Waals surface area contributed by atoms with Crippen LogP contribution in [0, 0.1) is 0 Å². The number of rotatable bonds is 7. The molecule has 3 aromatic carbocycles. The van der Waals surface area contributed by atoms with E-state index in [9.17, 15) is 15.7 Å². The number of hydrogen-bond acceptors (Lipinski definition) is 4. The molecule has 0 saturated heterocycles. The average Bonchev–Trinajstić information content (AvgIpc) is 3.23. The summed E-state index contributed by atoms with van der Waals surface area (Å²) >= 11 is 0. The molecule has 6 nitrogen and oxygen atoms in total. The molecule has 0 spiro atoms. The van der Waals surface area contributed by atoms with Crippen LogP contribution in [0.4, 0.5) is 0 Å². The number of phenolic OH excluding ortho intramolecular Hbond substituents is 2. The molecular formula is C31H33N3O3. The molecule has 0 saturated carbocycles. The predicted molar refractivity (Wildman–Crippen MR) is 142 cm³/mol. The lowest BCUT2D eigenvalue weighted by atomic mass is 9.62. The highest BCUT2D eigenvalue weighted by molar-refractivity contribution is 5.55. The molecule has 6 rings (SSSR count). The van der Waals surface area contributed by atoms with Crippen LogP contribution in [-0.2, 0) is 12.8 Å². The van der Waals surface area contributed by atoms with Crippen molar-refractivity contribution in [1.82, 2.24) is 4.90 Å². The Morgan fingerprint density at radius 2 is 1.84 bits per heavy atom. The van der Waals surface area contributed by atoms with Gasteiger partial charge >= 0.3 is 0 Å². The molecule has 1 aliphatic heterocycles. The van der Waals surface area contributed by atoms with Crippen LogP contribution in [0.25, 0.3) is 5.53 Å². The quantitative estimate of drug-likeness (QED) is 0.263. The summed E-state index contributed by atoms with van der Waals surface area (Å²) in [6.07, 6.45) is 7.85. The van der Waals surface area contributed by atoms with Gasteiger partial charge in [0.05, 0.1) is 18.4 Å². The lowest BCUT2D eigenvalue weighted by Crippen LogP contribution is -2.86. The first-order valence-electron chi connectivity index (χ1n) is 13.2. The smallest absolute Gasteiger partial charge is 0.171 e. The second-order valence-corrected chi connectivity index (χ2v) is 10.6. The minimum absolute atomic E-state index is 0.0123. The van der Waals surface area contributed by atoms with Crippen molar-refractivity contribution in [2.45, 2.75) is 43.1 Å². The molecule has 37 heavy (non-hydrogen) atoms. The van der Waals surface area contributed by atoms with Crippen LogP contribution in [0.1, 0.15) is 52.5 Å². The molecule has 6 heteroatoms. The Bertz CT molecular complexity index is 1350. The first-order chi connectivity index (χ1) is 18.1. The van der Waals surface area contributed by atoms with Gasteiger partial charge in [-0.25, -0.2) is 0 Å². The number of nitrogens with zero attached hydrogens (tertiary/aromatic N) is 2. The van der Waals surface area contributed by atoms with E-state index < -0.39 is 5.54 Å². The van der Waals surface area contributed by atoms with Gasteiger partial charge in [-0.2, -0.15) is 0 Å². The third-order valence-corrected chi connectivity index (χ3v) is 8.42. The number of hydrogen-bond donors (Lipinski definition) is 3. The maximum atomic E-state index is 10.8. The van der Waals surface area contributed by atoms with Crippen molar-refractivity contribution in [3.63, 3.8) is 0 Å². The van der Waals surface area contributed by atoms with E-state index in [1.807, 2.05) is 36.4 Å². The predicted octanol–water partition coefficient (Wildman–Crippen LogP) is 4.00. The third-order valence-electron chi connectivity index (χ3n) is 8.42. The van der Waals surface area contributed by atoms with Crippen molar-refractivity contribution in [2.24, 2.45) is 0 Å². The van der Waals surface area contributed by atoms with E-state index in [4.69, 9.17) is 4.74 Å². The highest BCUT2D eigenvalue weighted by Crippen LogP contribution is 2.55. The van der Waals surface area contributed by atoms with Gasteiger partial charge in [-0.1, -0.05) is 36.4 Å². The maximum absolute atomic E-state index is 10.8. The van der Waals surface area contributed by atoms with Crippen LogP contribution in [0.15, 0.2) is 72.8 Å². The van der Waals surface area contributed by atoms with Gasteiger partial charge < -0.3 is 25.6 Å². The molecule has 0 bridgehead atoms. The van der Waals surface area contributed by atoms with Gasteiger partial charge in [-0.15, -0.1) is 0 Å². The summed E-state index contributed by atoms with van der Waals surface area (Å²) < 4.78 is 6.19. The normalized spacial score (nSPS) is 24.2. The lowest BCUT2D eigenvalue weighted by molar-refractivity contribution is -0.582. The number of ether oxygens (including phenoxy) is 1. The number of aromatic hydroxyl groups is 2. The molecule has 190 valence electrons. The van der Waals surface area contributed by atoms with E-state index in [0.29, 0.717) is 13.0 Å². The highest BCUT2D eigenvalue weighted by Gasteiger charge is 2.58. The van der Waals surface area contributed by atoms with Gasteiger partial charge in [0.1, 0.15) is 17.2 Å². The Hall–Kier alpha value is -3.64. The molecule has 3 aliphatic rings. The fraction of sp³-hybridized carbons (Fsp3) is 0.355. The number of benzene rings is 3. The van der Waals surface area contributed by atoms with Gasteiger partial charge in [0.2, 0.25) is 0 Å². The summed E-state index contributed by atoms with van der Waals surface area (Å²) in [4.78, 5) is 2.44. The molecule has 0 radical (unpaired) electrons. The van der Waals surface area contributed by atoms with Gasteiger partial charge in [-0.05, 0) is 83.5 Å². The zero-order valence-electron chi connectivity index (χ0n) is 20.9. The maximum Gasteiger partial charge on any atom is 0.171 e. The Morgan fingerprint density at radius 1 is 0.973 bits per heavy atom. The van der Waals surface area contributed by atoms with Crippen molar-refractivity contribution in [1.29, 1.82) is 0 Å². The standard InChI is InChI=1S/C31H33N3O3/c32-33-31-20-23-16-24(35)10-11-27(23)29(31)18-21-8-9-25(36)19-28(21)30(31)22-6-4-7-26(17-22)37-15-5-14-34-12-2-1-3-13-34/h1-2,4,6-11,16-17,19,29-30,33,35-36H,3,5,12-15,18,20H2/t29-,30+,31-/m0/s1. The van der Waals surface area contributed by atoms with E-state index in [0.717, 1.165) is 72.5 Å². The molecule has 3 aromatic rings. The number of fused-ring (bicyclic) bond motifs is 4. The van der Waals surface area contributed by atoms with Gasteiger partial charge in [0.25, 0.3) is 0 Å². The van der Waals surface area contributed by atoms with Crippen molar-refractivity contribution < 1.29 is 20.1 Å². The second-order valence-electron chi connectivity index (χ2n) is 10.6. The van der Waals surface area contributed by atoms with E-state index in [2.05, 4.69) is 34.3 Å². The Morgan fingerprint density at radius 3 is 2.68 bits per heavy atom. The van der Waals surface area contributed by atoms with E-state index >= 15 is 0 Å². The Kier molecular flexibility index (Phi) is 6.21. The van der Waals surface area contributed by atoms with E-state index in [-0.39, 0.29) is 23.3 Å². The van der Waals surface area contributed by atoms with Crippen molar-refractivity contribution in [3.05, 3.63) is 106 Å². The minimum Gasteiger partial charge on any atom is -0.508 e. The highest BCUT2D eigenvalue weighted by atomic mass is 16.5. The van der Waals surface area contributed by atoms with Crippen molar-refractivity contribution in [3.8, 4) is 17.2 Å². The van der Waals surface area contributed by atoms with Gasteiger partial charge in [0, 0.05) is 26.1 Å². The summed E-state index contributed by atoms with van der Waals surface area (Å²) in [5, 5.41) is 23.3. The monoisotopic (exact) mass is 495 g/mol. The van der Waals surface area contributed by atoms with Gasteiger partial charge in [-0.3, -0.25) is 4.90 Å². The molecule has 2 aliphatic carbocycles. The summed E-state index contributed by atoms with van der Waals surface area (Å²) in [6.45, 7) is 3.78. The molecule has 3 N–H and O–H groups in total.